The first kappa shape index (κ1) is 18.3. The Morgan fingerprint density at radius 3 is 2.73 bits per heavy atom. The van der Waals surface area contributed by atoms with Gasteiger partial charge >= 0.3 is 0 Å². The summed E-state index contributed by atoms with van der Waals surface area (Å²) in [6.45, 7) is 2.41. The third kappa shape index (κ3) is 4.58. The molecule has 0 spiro atoms. The first-order valence-corrected chi connectivity index (χ1v) is 8.87. The molecule has 1 amide bonds. The zero-order valence-electron chi connectivity index (χ0n) is 14.9. The van der Waals surface area contributed by atoms with Gasteiger partial charge in [-0.2, -0.15) is 0 Å². The largest absolute Gasteiger partial charge is 0.505 e. The third-order valence-corrected chi connectivity index (χ3v) is 4.89. The van der Waals surface area contributed by atoms with E-state index in [1.165, 1.54) is 12.1 Å². The molecule has 0 radical (unpaired) electrons. The summed E-state index contributed by atoms with van der Waals surface area (Å²) in [5.41, 5.74) is 1.55. The van der Waals surface area contributed by atoms with E-state index in [9.17, 15) is 14.3 Å². The molecule has 2 aromatic rings. The van der Waals surface area contributed by atoms with Gasteiger partial charge in [-0.1, -0.05) is 12.1 Å². The molecule has 0 aliphatic carbocycles. The molecule has 6 heteroatoms. The predicted molar refractivity (Wildman–Crippen MR) is 97.1 cm³/mol. The van der Waals surface area contributed by atoms with Crippen LogP contribution in [-0.4, -0.2) is 52.0 Å². The van der Waals surface area contributed by atoms with E-state index >= 15 is 0 Å². The second kappa shape index (κ2) is 8.27. The Morgan fingerprint density at radius 2 is 2.08 bits per heavy atom. The first-order chi connectivity index (χ1) is 12.5. The number of aromatic hydroxyl groups is 1. The van der Waals surface area contributed by atoms with E-state index in [1.54, 1.807) is 18.5 Å². The molecular weight excluding hydrogens is 333 g/mol. The minimum atomic E-state index is -0.701. The molecule has 5 nitrogen and oxygen atoms in total. The van der Waals surface area contributed by atoms with Gasteiger partial charge in [-0.15, -0.1) is 0 Å². The van der Waals surface area contributed by atoms with Crippen LogP contribution in [0, 0.1) is 5.82 Å². The van der Waals surface area contributed by atoms with Crippen LogP contribution in [0.25, 0.3) is 0 Å². The lowest BCUT2D eigenvalue weighted by Crippen LogP contribution is -2.46. The Labute approximate surface area is 153 Å². The molecule has 0 saturated carbocycles. The van der Waals surface area contributed by atoms with E-state index in [0.717, 1.165) is 31.5 Å². The van der Waals surface area contributed by atoms with Crippen molar-refractivity contribution in [2.75, 3.05) is 20.1 Å². The van der Waals surface area contributed by atoms with Gasteiger partial charge in [-0.05, 0) is 62.3 Å². The SMILES string of the molecule is CN1CCC(N(Cc2cccnc2)C(=O)Cc2ccc(O)c(F)c2)CC1. The number of rotatable bonds is 5. The summed E-state index contributed by atoms with van der Waals surface area (Å²) in [5.74, 6) is -1.13. The molecular formula is C20H24FN3O2. The molecule has 1 N–H and O–H groups in total. The second-order valence-electron chi connectivity index (χ2n) is 6.88. The van der Waals surface area contributed by atoms with Gasteiger partial charge in [0.15, 0.2) is 11.6 Å². The number of hydrogen-bond acceptors (Lipinski definition) is 4. The van der Waals surface area contributed by atoms with Crippen molar-refractivity contribution >= 4 is 5.91 Å². The summed E-state index contributed by atoms with van der Waals surface area (Å²) in [6.07, 6.45) is 5.45. The van der Waals surface area contributed by atoms with E-state index in [-0.39, 0.29) is 18.4 Å². The standard InChI is InChI=1S/C20H24FN3O2/c1-23-9-6-17(7-10-23)24(14-16-3-2-8-22-13-16)20(26)12-15-4-5-19(25)18(21)11-15/h2-5,8,11,13,17,25H,6-7,9-10,12,14H2,1H3. The fourth-order valence-corrected chi connectivity index (χ4v) is 3.35. The Kier molecular flexibility index (Phi) is 5.83. The lowest BCUT2D eigenvalue weighted by Gasteiger charge is -2.37. The van der Waals surface area contributed by atoms with E-state index in [2.05, 4.69) is 16.9 Å². The molecule has 1 fully saturated rings. The average Bonchev–Trinajstić information content (AvgIpc) is 2.64. The zero-order valence-corrected chi connectivity index (χ0v) is 14.9. The Hall–Kier alpha value is -2.47. The third-order valence-electron chi connectivity index (χ3n) is 4.89. The molecule has 0 bridgehead atoms. The van der Waals surface area contributed by atoms with E-state index in [0.29, 0.717) is 12.1 Å². The van der Waals surface area contributed by atoms with Gasteiger partial charge in [0.05, 0.1) is 6.42 Å². The number of hydrogen-bond donors (Lipinski definition) is 1. The number of carbonyl (C=O) groups excluding carboxylic acids is 1. The summed E-state index contributed by atoms with van der Waals surface area (Å²) in [4.78, 5) is 21.3. The molecule has 1 aliphatic heterocycles. The minimum absolute atomic E-state index is 0.0338. The van der Waals surface area contributed by atoms with Crippen molar-refractivity contribution in [3.05, 3.63) is 59.7 Å². The van der Waals surface area contributed by atoms with Crippen LogP contribution in [0.5, 0.6) is 5.75 Å². The minimum Gasteiger partial charge on any atom is -0.505 e. The molecule has 0 unspecified atom stereocenters. The van der Waals surface area contributed by atoms with Crippen LogP contribution in [0.3, 0.4) is 0 Å². The maximum absolute atomic E-state index is 13.6. The molecule has 2 heterocycles. The van der Waals surface area contributed by atoms with Crippen LogP contribution in [0.1, 0.15) is 24.0 Å². The number of benzene rings is 1. The molecule has 138 valence electrons. The van der Waals surface area contributed by atoms with Crippen molar-refractivity contribution in [3.8, 4) is 5.75 Å². The molecule has 3 rings (SSSR count). The number of likely N-dealkylation sites (tertiary alicyclic amines) is 1. The zero-order chi connectivity index (χ0) is 18.5. The number of nitrogens with zero attached hydrogens (tertiary/aromatic N) is 3. The van der Waals surface area contributed by atoms with Crippen molar-refractivity contribution in [2.24, 2.45) is 0 Å². The summed E-state index contributed by atoms with van der Waals surface area (Å²) < 4.78 is 13.6. The summed E-state index contributed by atoms with van der Waals surface area (Å²) in [5, 5.41) is 9.33. The fraction of sp³-hybridized carbons (Fsp3) is 0.400. The van der Waals surface area contributed by atoms with Crippen LogP contribution in [0.2, 0.25) is 0 Å². The molecule has 1 saturated heterocycles. The number of halogens is 1. The lowest BCUT2D eigenvalue weighted by atomic mass is 10.0. The van der Waals surface area contributed by atoms with Gasteiger partial charge in [0.25, 0.3) is 0 Å². The van der Waals surface area contributed by atoms with Crippen LogP contribution < -0.4 is 0 Å². The Morgan fingerprint density at radius 1 is 1.31 bits per heavy atom. The number of phenolic OH excluding ortho intramolecular Hbond substituents is 1. The van der Waals surface area contributed by atoms with Gasteiger partial charge < -0.3 is 14.9 Å². The molecule has 1 aromatic carbocycles. The highest BCUT2D eigenvalue weighted by atomic mass is 19.1. The topological polar surface area (TPSA) is 56.7 Å². The first-order valence-electron chi connectivity index (χ1n) is 8.87. The molecule has 1 aliphatic rings. The Balaban J connectivity index is 1.76. The summed E-state index contributed by atoms with van der Waals surface area (Å²) in [6, 6.07) is 8.10. The van der Waals surface area contributed by atoms with E-state index in [4.69, 9.17) is 0 Å². The van der Waals surface area contributed by atoms with Crippen molar-refractivity contribution < 1.29 is 14.3 Å². The van der Waals surface area contributed by atoms with Crippen molar-refractivity contribution in [3.63, 3.8) is 0 Å². The van der Waals surface area contributed by atoms with Gasteiger partial charge in [-0.3, -0.25) is 9.78 Å². The maximum atomic E-state index is 13.6. The number of carbonyl (C=O) groups is 1. The quantitative estimate of drug-likeness (QED) is 0.894. The molecule has 0 atom stereocenters. The smallest absolute Gasteiger partial charge is 0.227 e. The molecule has 26 heavy (non-hydrogen) atoms. The summed E-state index contributed by atoms with van der Waals surface area (Å²) in [7, 11) is 2.09. The number of pyridine rings is 1. The predicted octanol–water partition coefficient (Wildman–Crippen LogP) is 2.59. The van der Waals surface area contributed by atoms with E-state index in [1.807, 2.05) is 17.0 Å². The second-order valence-corrected chi connectivity index (χ2v) is 6.88. The van der Waals surface area contributed by atoms with Crippen LogP contribution in [0.4, 0.5) is 4.39 Å². The Bertz CT molecular complexity index is 746. The number of amides is 1. The normalized spacial score (nSPS) is 15.8. The maximum Gasteiger partial charge on any atom is 0.227 e. The van der Waals surface area contributed by atoms with Gasteiger partial charge in [-0.25, -0.2) is 4.39 Å². The fourth-order valence-electron chi connectivity index (χ4n) is 3.35. The highest BCUT2D eigenvalue weighted by Crippen LogP contribution is 2.21. The van der Waals surface area contributed by atoms with Crippen LogP contribution in [0.15, 0.2) is 42.7 Å². The molecule has 1 aromatic heterocycles. The van der Waals surface area contributed by atoms with Crippen molar-refractivity contribution in [1.82, 2.24) is 14.8 Å². The average molecular weight is 357 g/mol. The van der Waals surface area contributed by atoms with Gasteiger partial charge in [0, 0.05) is 25.0 Å². The highest BCUT2D eigenvalue weighted by Gasteiger charge is 2.27. The van der Waals surface area contributed by atoms with E-state index < -0.39 is 11.6 Å². The van der Waals surface area contributed by atoms with Crippen molar-refractivity contribution in [1.29, 1.82) is 0 Å². The highest BCUT2D eigenvalue weighted by molar-refractivity contribution is 5.79. The summed E-state index contributed by atoms with van der Waals surface area (Å²) >= 11 is 0. The monoisotopic (exact) mass is 357 g/mol. The van der Waals surface area contributed by atoms with Gasteiger partial charge in [0.1, 0.15) is 0 Å². The number of phenols is 1. The van der Waals surface area contributed by atoms with Crippen molar-refractivity contribution in [2.45, 2.75) is 31.8 Å². The van der Waals surface area contributed by atoms with Gasteiger partial charge in [0.2, 0.25) is 5.91 Å². The lowest BCUT2D eigenvalue weighted by molar-refractivity contribution is -0.134. The van der Waals surface area contributed by atoms with Crippen LogP contribution in [-0.2, 0) is 17.8 Å². The number of piperidine rings is 1. The number of aromatic nitrogens is 1. The van der Waals surface area contributed by atoms with Crippen LogP contribution >= 0.6 is 0 Å².